The number of rotatable bonds is 7. The number of likely N-dealkylation sites (N-methyl/N-ethyl adjacent to an activating group) is 1. The van der Waals surface area contributed by atoms with Crippen LogP contribution in [0.25, 0.3) is 0 Å². The molecule has 2 rings (SSSR count). The molecule has 1 aliphatic heterocycles. The highest BCUT2D eigenvalue weighted by Gasteiger charge is 2.22. The molecule has 2 atom stereocenters. The smallest absolute Gasteiger partial charge is 0.0506 e. The van der Waals surface area contributed by atoms with Crippen LogP contribution in [0.4, 0.5) is 0 Å². The molecular formula is C18H30N2O. The summed E-state index contributed by atoms with van der Waals surface area (Å²) >= 11 is 0. The summed E-state index contributed by atoms with van der Waals surface area (Å²) in [6.07, 6.45) is 2.50. The lowest BCUT2D eigenvalue weighted by Gasteiger charge is -2.33. The molecule has 118 valence electrons. The van der Waals surface area contributed by atoms with Crippen LogP contribution in [0.15, 0.2) is 30.3 Å². The largest absolute Gasteiger partial charge is 0.381 e. The van der Waals surface area contributed by atoms with E-state index in [0.717, 1.165) is 26.3 Å². The first-order valence-corrected chi connectivity index (χ1v) is 8.23. The van der Waals surface area contributed by atoms with Crippen molar-refractivity contribution in [2.45, 2.75) is 38.8 Å². The summed E-state index contributed by atoms with van der Waals surface area (Å²) in [7, 11) is 2.24. The predicted molar refractivity (Wildman–Crippen MR) is 88.5 cm³/mol. The Kier molecular flexibility index (Phi) is 6.68. The van der Waals surface area contributed by atoms with Crippen LogP contribution in [0.5, 0.6) is 0 Å². The molecule has 1 aromatic rings. The number of ether oxygens (including phenoxy) is 1. The van der Waals surface area contributed by atoms with Crippen LogP contribution in [0.2, 0.25) is 0 Å². The first-order valence-electron chi connectivity index (χ1n) is 8.23. The summed E-state index contributed by atoms with van der Waals surface area (Å²) in [5.41, 5.74) is 1.39. The van der Waals surface area contributed by atoms with Gasteiger partial charge in [0.05, 0.1) is 6.61 Å². The van der Waals surface area contributed by atoms with Gasteiger partial charge < -0.3 is 10.1 Å². The second kappa shape index (κ2) is 8.52. The first-order chi connectivity index (χ1) is 10.2. The number of hydrogen-bond donors (Lipinski definition) is 1. The third-order valence-corrected chi connectivity index (χ3v) is 4.24. The van der Waals surface area contributed by atoms with Crippen molar-refractivity contribution in [2.24, 2.45) is 5.92 Å². The van der Waals surface area contributed by atoms with Crippen molar-refractivity contribution < 1.29 is 4.74 Å². The van der Waals surface area contributed by atoms with E-state index in [1.165, 1.54) is 18.4 Å². The minimum absolute atomic E-state index is 0.426. The summed E-state index contributed by atoms with van der Waals surface area (Å²) in [6.45, 7) is 8.37. The van der Waals surface area contributed by atoms with Crippen molar-refractivity contribution in [2.75, 3.05) is 33.4 Å². The highest BCUT2D eigenvalue weighted by Crippen LogP contribution is 2.22. The normalized spacial score (nSPS) is 20.9. The lowest BCUT2D eigenvalue weighted by atomic mass is 9.99. The van der Waals surface area contributed by atoms with Gasteiger partial charge >= 0.3 is 0 Å². The van der Waals surface area contributed by atoms with Gasteiger partial charge in [0.25, 0.3) is 0 Å². The van der Waals surface area contributed by atoms with E-state index >= 15 is 0 Å². The maximum atomic E-state index is 5.62. The summed E-state index contributed by atoms with van der Waals surface area (Å²) in [4.78, 5) is 2.49. The van der Waals surface area contributed by atoms with Crippen molar-refractivity contribution in [3.8, 4) is 0 Å². The van der Waals surface area contributed by atoms with Gasteiger partial charge in [0.1, 0.15) is 0 Å². The molecule has 0 radical (unpaired) electrons. The SMILES string of the molecule is CC(C)NCC(c1ccccc1)N(C)CC1CCCOC1. The van der Waals surface area contributed by atoms with E-state index in [4.69, 9.17) is 4.74 Å². The van der Waals surface area contributed by atoms with Gasteiger partial charge in [-0.3, -0.25) is 4.90 Å². The molecular weight excluding hydrogens is 260 g/mol. The molecule has 1 aliphatic rings. The van der Waals surface area contributed by atoms with Gasteiger partial charge in [-0.25, -0.2) is 0 Å². The van der Waals surface area contributed by atoms with Crippen LogP contribution >= 0.6 is 0 Å². The quantitative estimate of drug-likeness (QED) is 0.835. The van der Waals surface area contributed by atoms with Crippen molar-refractivity contribution in [3.63, 3.8) is 0 Å². The van der Waals surface area contributed by atoms with Crippen molar-refractivity contribution in [1.82, 2.24) is 10.2 Å². The molecule has 0 spiro atoms. The van der Waals surface area contributed by atoms with Gasteiger partial charge in [-0.2, -0.15) is 0 Å². The zero-order valence-corrected chi connectivity index (χ0v) is 13.7. The molecule has 3 heteroatoms. The Morgan fingerprint density at radius 1 is 1.29 bits per heavy atom. The molecule has 3 nitrogen and oxygen atoms in total. The molecule has 1 N–H and O–H groups in total. The Labute approximate surface area is 129 Å². The van der Waals surface area contributed by atoms with Gasteiger partial charge in [0.15, 0.2) is 0 Å². The fraction of sp³-hybridized carbons (Fsp3) is 0.667. The average Bonchev–Trinajstić information content (AvgIpc) is 2.49. The summed E-state index contributed by atoms with van der Waals surface area (Å²) in [5.74, 6) is 0.675. The van der Waals surface area contributed by atoms with E-state index in [9.17, 15) is 0 Å². The van der Waals surface area contributed by atoms with Gasteiger partial charge in [-0.1, -0.05) is 44.2 Å². The number of benzene rings is 1. The van der Waals surface area contributed by atoms with Crippen LogP contribution < -0.4 is 5.32 Å². The molecule has 0 amide bonds. The highest BCUT2D eigenvalue weighted by atomic mass is 16.5. The van der Waals surface area contributed by atoms with Gasteiger partial charge in [-0.15, -0.1) is 0 Å². The molecule has 1 heterocycles. The topological polar surface area (TPSA) is 24.5 Å². The highest BCUT2D eigenvalue weighted by molar-refractivity contribution is 5.19. The second-order valence-electron chi connectivity index (χ2n) is 6.51. The van der Waals surface area contributed by atoms with Gasteiger partial charge in [-0.05, 0) is 31.4 Å². The number of nitrogens with one attached hydrogen (secondary N) is 1. The second-order valence-corrected chi connectivity index (χ2v) is 6.51. The molecule has 2 unspecified atom stereocenters. The maximum Gasteiger partial charge on any atom is 0.0506 e. The Morgan fingerprint density at radius 2 is 2.05 bits per heavy atom. The van der Waals surface area contributed by atoms with Gasteiger partial charge in [0.2, 0.25) is 0 Å². The minimum atomic E-state index is 0.426. The van der Waals surface area contributed by atoms with Crippen LogP contribution in [-0.2, 0) is 4.74 Å². The van der Waals surface area contributed by atoms with E-state index in [0.29, 0.717) is 18.0 Å². The molecule has 1 fully saturated rings. The standard InChI is InChI=1S/C18H30N2O/c1-15(2)19-12-18(17-9-5-4-6-10-17)20(3)13-16-8-7-11-21-14-16/h4-6,9-10,15-16,18-19H,7-8,11-14H2,1-3H3. The van der Waals surface area contributed by atoms with E-state index in [-0.39, 0.29) is 0 Å². The number of nitrogens with zero attached hydrogens (tertiary/aromatic N) is 1. The van der Waals surface area contributed by atoms with Gasteiger partial charge in [0, 0.05) is 31.8 Å². The number of hydrogen-bond acceptors (Lipinski definition) is 3. The third-order valence-electron chi connectivity index (χ3n) is 4.24. The molecule has 21 heavy (non-hydrogen) atoms. The van der Waals surface area contributed by atoms with Crippen molar-refractivity contribution in [1.29, 1.82) is 0 Å². The molecule has 1 saturated heterocycles. The van der Waals surface area contributed by atoms with Crippen molar-refractivity contribution in [3.05, 3.63) is 35.9 Å². The maximum absolute atomic E-state index is 5.62. The first kappa shape index (κ1) is 16.5. The Bertz CT molecular complexity index is 387. The molecule has 1 aromatic carbocycles. The lowest BCUT2D eigenvalue weighted by molar-refractivity contribution is 0.0358. The predicted octanol–water partition coefficient (Wildman–Crippen LogP) is 3.08. The zero-order chi connectivity index (χ0) is 15.1. The molecule has 0 bridgehead atoms. The van der Waals surface area contributed by atoms with E-state index in [1.54, 1.807) is 0 Å². The van der Waals surface area contributed by atoms with E-state index in [1.807, 2.05) is 0 Å². The summed E-state index contributed by atoms with van der Waals surface area (Å²) < 4.78 is 5.62. The molecule has 0 saturated carbocycles. The van der Waals surface area contributed by atoms with Crippen molar-refractivity contribution >= 4 is 0 Å². The monoisotopic (exact) mass is 290 g/mol. The summed E-state index contributed by atoms with van der Waals surface area (Å²) in [5, 5.41) is 3.59. The third kappa shape index (κ3) is 5.42. The van der Waals surface area contributed by atoms with Crippen LogP contribution in [-0.4, -0.2) is 44.3 Å². The van der Waals surface area contributed by atoms with Crippen LogP contribution in [0.1, 0.15) is 38.3 Å². The fourth-order valence-electron chi connectivity index (χ4n) is 3.04. The van der Waals surface area contributed by atoms with E-state index < -0.39 is 0 Å². The Hall–Kier alpha value is -0.900. The van der Waals surface area contributed by atoms with E-state index in [2.05, 4.69) is 61.4 Å². The zero-order valence-electron chi connectivity index (χ0n) is 13.7. The molecule has 0 aliphatic carbocycles. The summed E-state index contributed by atoms with van der Waals surface area (Å²) in [6, 6.07) is 11.8. The van der Waals surface area contributed by atoms with Crippen LogP contribution in [0.3, 0.4) is 0 Å². The Morgan fingerprint density at radius 3 is 2.67 bits per heavy atom. The van der Waals surface area contributed by atoms with Crippen LogP contribution in [0, 0.1) is 5.92 Å². The fourth-order valence-corrected chi connectivity index (χ4v) is 3.04. The lowest BCUT2D eigenvalue weighted by Crippen LogP contribution is -2.39. The molecule has 0 aromatic heterocycles. The minimum Gasteiger partial charge on any atom is -0.381 e. The Balaban J connectivity index is 1.99. The average molecular weight is 290 g/mol.